The van der Waals surface area contributed by atoms with Gasteiger partial charge in [0.15, 0.2) is 17.3 Å². The van der Waals surface area contributed by atoms with E-state index in [4.69, 9.17) is 10.5 Å². The first-order valence-corrected chi connectivity index (χ1v) is 8.22. The molecule has 3 aromatic rings. The maximum Gasteiger partial charge on any atom is 0.256 e. The highest BCUT2D eigenvalue weighted by atomic mass is 19.1. The minimum atomic E-state index is -0.617. The molecule has 27 heavy (non-hydrogen) atoms. The minimum absolute atomic E-state index is 0.0293. The van der Waals surface area contributed by atoms with E-state index >= 15 is 0 Å². The normalized spacial score (nSPS) is 11.7. The first-order valence-electron chi connectivity index (χ1n) is 8.22. The first kappa shape index (κ1) is 16.8. The van der Waals surface area contributed by atoms with Crippen LogP contribution < -0.4 is 15.8 Å². The largest absolute Gasteiger partial charge is 0.494 e. The van der Waals surface area contributed by atoms with E-state index in [1.165, 1.54) is 13.2 Å². The van der Waals surface area contributed by atoms with Gasteiger partial charge in [-0.05, 0) is 11.6 Å². The molecule has 1 aliphatic rings. The Hall–Kier alpha value is -3.67. The lowest BCUT2D eigenvalue weighted by Crippen LogP contribution is -2.15. The summed E-state index contributed by atoms with van der Waals surface area (Å²) in [7, 11) is 1.33. The second-order valence-corrected chi connectivity index (χ2v) is 6.13. The van der Waals surface area contributed by atoms with Gasteiger partial charge in [0.1, 0.15) is 0 Å². The van der Waals surface area contributed by atoms with Crippen LogP contribution in [0.3, 0.4) is 0 Å². The third-order valence-electron chi connectivity index (χ3n) is 4.57. The van der Waals surface area contributed by atoms with E-state index < -0.39 is 11.7 Å². The third kappa shape index (κ3) is 2.62. The summed E-state index contributed by atoms with van der Waals surface area (Å²) in [5, 5.41) is 2.68. The van der Waals surface area contributed by atoms with Gasteiger partial charge in [0.2, 0.25) is 0 Å². The predicted molar refractivity (Wildman–Crippen MR) is 101 cm³/mol. The van der Waals surface area contributed by atoms with Crippen LogP contribution in [0.15, 0.2) is 54.6 Å². The molecule has 0 aromatic heterocycles. The van der Waals surface area contributed by atoms with Crippen molar-refractivity contribution in [3.8, 4) is 16.9 Å². The number of benzene rings is 3. The number of anilines is 2. The summed E-state index contributed by atoms with van der Waals surface area (Å²) in [5.41, 5.74) is 8.81. The Morgan fingerprint density at radius 3 is 2.48 bits per heavy atom. The first-order chi connectivity index (χ1) is 13.0. The van der Waals surface area contributed by atoms with Crippen molar-refractivity contribution in [2.24, 2.45) is 0 Å². The molecule has 4 rings (SSSR count). The van der Waals surface area contributed by atoms with Crippen LogP contribution >= 0.6 is 0 Å². The maximum absolute atomic E-state index is 13.7. The van der Waals surface area contributed by atoms with Gasteiger partial charge in [-0.1, -0.05) is 36.4 Å². The number of ether oxygens (including phenoxy) is 1. The molecule has 0 aliphatic heterocycles. The maximum atomic E-state index is 13.7. The minimum Gasteiger partial charge on any atom is -0.494 e. The Kier molecular flexibility index (Phi) is 3.88. The number of nitrogens with one attached hydrogen (secondary N) is 1. The number of nitrogen functional groups attached to an aromatic ring is 1. The van der Waals surface area contributed by atoms with Gasteiger partial charge in [-0.2, -0.15) is 0 Å². The van der Waals surface area contributed by atoms with Gasteiger partial charge in [0, 0.05) is 34.4 Å². The standard InChI is InChI=1S/C21H15FN2O3/c1-27-18-10-17(16(23)9-15(18)22)24-21(26)14-8-4-7-13-19(14)11-5-2-3-6-12(11)20(13)25/h2-10H,23H2,1H3,(H,24,26). The third-order valence-corrected chi connectivity index (χ3v) is 4.57. The number of carbonyl (C=O) groups is 2. The van der Waals surface area contributed by atoms with Crippen LogP contribution in [0.2, 0.25) is 0 Å². The lowest BCUT2D eigenvalue weighted by Gasteiger charge is -2.13. The quantitative estimate of drug-likeness (QED) is 0.542. The fourth-order valence-electron chi connectivity index (χ4n) is 3.29. The molecule has 0 spiro atoms. The van der Waals surface area contributed by atoms with Crippen LogP contribution in [0, 0.1) is 5.82 Å². The van der Waals surface area contributed by atoms with Gasteiger partial charge in [-0.25, -0.2) is 4.39 Å². The summed E-state index contributed by atoms with van der Waals surface area (Å²) in [4.78, 5) is 25.5. The summed E-state index contributed by atoms with van der Waals surface area (Å²) in [6.07, 6.45) is 0. The van der Waals surface area contributed by atoms with Gasteiger partial charge in [0.05, 0.1) is 18.5 Å². The molecule has 5 nitrogen and oxygen atoms in total. The molecule has 0 unspecified atom stereocenters. The Morgan fingerprint density at radius 2 is 1.74 bits per heavy atom. The van der Waals surface area contributed by atoms with Crippen molar-refractivity contribution in [3.05, 3.63) is 77.1 Å². The van der Waals surface area contributed by atoms with E-state index in [2.05, 4.69) is 5.32 Å². The van der Waals surface area contributed by atoms with Crippen LogP contribution in [0.4, 0.5) is 15.8 Å². The SMILES string of the molecule is COc1cc(NC(=O)c2cccc3c2-c2ccccc2C3=O)c(N)cc1F. The Labute approximate surface area is 154 Å². The second-order valence-electron chi connectivity index (χ2n) is 6.13. The highest BCUT2D eigenvalue weighted by molar-refractivity contribution is 6.25. The molecule has 6 heteroatoms. The molecular weight excluding hydrogens is 347 g/mol. The van der Waals surface area contributed by atoms with Crippen molar-refractivity contribution < 1.29 is 18.7 Å². The zero-order valence-corrected chi connectivity index (χ0v) is 14.4. The van der Waals surface area contributed by atoms with Gasteiger partial charge >= 0.3 is 0 Å². The Bertz CT molecular complexity index is 1110. The fraction of sp³-hybridized carbons (Fsp3) is 0.0476. The van der Waals surface area contributed by atoms with Gasteiger partial charge in [-0.15, -0.1) is 0 Å². The van der Waals surface area contributed by atoms with Crippen molar-refractivity contribution in [2.45, 2.75) is 0 Å². The smallest absolute Gasteiger partial charge is 0.256 e. The molecule has 3 aromatic carbocycles. The van der Waals surface area contributed by atoms with Crippen LogP contribution in [0.25, 0.3) is 11.1 Å². The van der Waals surface area contributed by atoms with E-state index in [9.17, 15) is 14.0 Å². The van der Waals surface area contributed by atoms with Crippen molar-refractivity contribution in [1.29, 1.82) is 0 Å². The van der Waals surface area contributed by atoms with Crippen molar-refractivity contribution in [3.63, 3.8) is 0 Å². The lowest BCUT2D eigenvalue weighted by atomic mass is 9.99. The molecule has 0 radical (unpaired) electrons. The number of methoxy groups -OCH3 is 1. The zero-order valence-electron chi connectivity index (χ0n) is 14.4. The van der Waals surface area contributed by atoms with E-state index in [0.29, 0.717) is 27.8 Å². The van der Waals surface area contributed by atoms with Crippen LogP contribution in [-0.2, 0) is 0 Å². The number of carbonyl (C=O) groups excluding carboxylic acids is 2. The molecule has 0 heterocycles. The molecule has 0 saturated carbocycles. The van der Waals surface area contributed by atoms with Gasteiger partial charge in [0.25, 0.3) is 5.91 Å². The molecule has 3 N–H and O–H groups in total. The summed E-state index contributed by atoms with van der Waals surface area (Å²) in [6.45, 7) is 0. The van der Waals surface area contributed by atoms with E-state index in [-0.39, 0.29) is 22.9 Å². The highest BCUT2D eigenvalue weighted by Crippen LogP contribution is 2.39. The summed E-state index contributed by atoms with van der Waals surface area (Å²) >= 11 is 0. The number of amides is 1. The predicted octanol–water partition coefficient (Wildman–Crippen LogP) is 3.88. The van der Waals surface area contributed by atoms with Crippen molar-refractivity contribution in [2.75, 3.05) is 18.2 Å². The number of fused-ring (bicyclic) bond motifs is 3. The molecule has 0 atom stereocenters. The van der Waals surface area contributed by atoms with Crippen LogP contribution in [0.1, 0.15) is 26.3 Å². The number of nitrogens with two attached hydrogens (primary N) is 1. The number of rotatable bonds is 3. The van der Waals surface area contributed by atoms with Gasteiger partial charge < -0.3 is 15.8 Å². The zero-order chi connectivity index (χ0) is 19.1. The van der Waals surface area contributed by atoms with E-state index in [0.717, 1.165) is 6.07 Å². The summed E-state index contributed by atoms with van der Waals surface area (Å²) in [6, 6.07) is 14.6. The fourth-order valence-corrected chi connectivity index (χ4v) is 3.29. The molecule has 0 bridgehead atoms. The Balaban J connectivity index is 1.77. The lowest BCUT2D eigenvalue weighted by molar-refractivity contribution is 0.102. The number of hydrogen-bond donors (Lipinski definition) is 2. The highest BCUT2D eigenvalue weighted by Gasteiger charge is 2.30. The molecule has 1 amide bonds. The van der Waals surface area contributed by atoms with E-state index in [1.807, 2.05) is 12.1 Å². The number of hydrogen-bond acceptors (Lipinski definition) is 4. The second kappa shape index (κ2) is 6.25. The average Bonchev–Trinajstić information content (AvgIpc) is 2.97. The van der Waals surface area contributed by atoms with Crippen molar-refractivity contribution in [1.82, 2.24) is 0 Å². The monoisotopic (exact) mass is 362 g/mol. The van der Waals surface area contributed by atoms with Crippen molar-refractivity contribution >= 4 is 23.1 Å². The van der Waals surface area contributed by atoms with Crippen LogP contribution in [-0.4, -0.2) is 18.8 Å². The van der Waals surface area contributed by atoms with Gasteiger partial charge in [-0.3, -0.25) is 9.59 Å². The molecule has 134 valence electrons. The molecule has 1 aliphatic carbocycles. The Morgan fingerprint density at radius 1 is 1.04 bits per heavy atom. The van der Waals surface area contributed by atoms with Crippen LogP contribution in [0.5, 0.6) is 5.75 Å². The molecule has 0 fully saturated rings. The number of ketones is 1. The summed E-state index contributed by atoms with van der Waals surface area (Å²) < 4.78 is 18.7. The molecule has 0 saturated heterocycles. The average molecular weight is 362 g/mol. The van der Waals surface area contributed by atoms with E-state index in [1.54, 1.807) is 30.3 Å². The summed E-state index contributed by atoms with van der Waals surface area (Å²) in [5.74, 6) is -1.21. The number of halogens is 1. The molecular formula is C21H15FN2O3. The topological polar surface area (TPSA) is 81.4 Å².